The van der Waals surface area contributed by atoms with Gasteiger partial charge in [-0.05, 0) is 6.92 Å². The van der Waals surface area contributed by atoms with Crippen molar-refractivity contribution in [2.24, 2.45) is 0 Å². The van der Waals surface area contributed by atoms with Crippen molar-refractivity contribution in [1.29, 1.82) is 0 Å². The van der Waals surface area contributed by atoms with Crippen LogP contribution in [-0.4, -0.2) is 35.0 Å². The predicted molar refractivity (Wildman–Crippen MR) is 101 cm³/mol. The number of nitrogens with one attached hydrogen (secondary N) is 2. The summed E-state index contributed by atoms with van der Waals surface area (Å²) in [5, 5.41) is 6.29. The fourth-order valence-electron chi connectivity index (χ4n) is 1.89. The van der Waals surface area contributed by atoms with Crippen LogP contribution in [0.3, 0.4) is 0 Å². The molecule has 0 atom stereocenters. The molecule has 0 saturated heterocycles. The summed E-state index contributed by atoms with van der Waals surface area (Å²) in [6.07, 6.45) is 0.245. The number of anilines is 1. The molecule has 0 unspecified atom stereocenters. The third-order valence-corrected chi connectivity index (χ3v) is 5.23. The molecule has 0 fully saturated rings. The first-order valence-electron chi connectivity index (χ1n) is 7.45. The van der Waals surface area contributed by atoms with Crippen molar-refractivity contribution in [1.82, 2.24) is 10.3 Å². The molecule has 2 N–H and O–H groups in total. The van der Waals surface area contributed by atoms with Crippen LogP contribution in [-0.2, 0) is 9.59 Å². The van der Waals surface area contributed by atoms with Crippen LogP contribution in [0, 0.1) is 0 Å². The Labute approximate surface area is 154 Å². The highest BCUT2D eigenvalue weighted by molar-refractivity contribution is 8.01. The number of aromatic nitrogens is 1. The summed E-state index contributed by atoms with van der Waals surface area (Å²) >= 11 is 8.34. The zero-order valence-corrected chi connectivity index (χ0v) is 15.6. The minimum Gasteiger partial charge on any atom is -0.356 e. The molecule has 128 valence electrons. The van der Waals surface area contributed by atoms with Crippen molar-refractivity contribution < 1.29 is 9.59 Å². The summed E-state index contributed by atoms with van der Waals surface area (Å²) in [6.45, 7) is 2.48. The van der Waals surface area contributed by atoms with Gasteiger partial charge in [0.2, 0.25) is 11.8 Å². The molecule has 0 aliphatic rings. The van der Waals surface area contributed by atoms with E-state index in [2.05, 4.69) is 15.6 Å². The Morgan fingerprint density at radius 3 is 2.67 bits per heavy atom. The van der Waals surface area contributed by atoms with Crippen LogP contribution >= 0.6 is 34.7 Å². The first-order chi connectivity index (χ1) is 11.6. The highest BCUT2D eigenvalue weighted by atomic mass is 35.5. The third kappa shape index (κ3) is 5.51. The maximum Gasteiger partial charge on any atom is 0.230 e. The Morgan fingerprint density at radius 2 is 2.00 bits per heavy atom. The van der Waals surface area contributed by atoms with Crippen LogP contribution in [0.4, 0.5) is 5.00 Å². The molecule has 0 spiro atoms. The lowest BCUT2D eigenvalue weighted by molar-refractivity contribution is -0.118. The molecule has 0 saturated carbocycles. The summed E-state index contributed by atoms with van der Waals surface area (Å²) in [5.41, 5.74) is 1.63. The van der Waals surface area contributed by atoms with E-state index in [1.807, 2.05) is 37.3 Å². The number of carbonyl (C=O) groups is 2. The second kappa shape index (κ2) is 9.66. The van der Waals surface area contributed by atoms with Gasteiger partial charge in [-0.3, -0.25) is 9.59 Å². The van der Waals surface area contributed by atoms with Gasteiger partial charge in [-0.25, -0.2) is 4.98 Å². The Balaban J connectivity index is 2.20. The van der Waals surface area contributed by atoms with Gasteiger partial charge >= 0.3 is 0 Å². The molecule has 1 aromatic heterocycles. The van der Waals surface area contributed by atoms with E-state index in [1.54, 1.807) is 0 Å². The van der Waals surface area contributed by atoms with Gasteiger partial charge in [0.05, 0.1) is 5.75 Å². The molecular weight excluding hydrogens is 366 g/mol. The first-order valence-corrected chi connectivity index (χ1v) is 9.79. The van der Waals surface area contributed by atoms with E-state index in [-0.39, 0.29) is 24.1 Å². The fraction of sp³-hybridized carbons (Fsp3) is 0.312. The first kappa shape index (κ1) is 18.8. The zero-order valence-electron chi connectivity index (χ0n) is 13.2. The number of thioether (sulfide) groups is 1. The quantitative estimate of drug-likeness (QED) is 0.539. The van der Waals surface area contributed by atoms with E-state index < -0.39 is 0 Å². The van der Waals surface area contributed by atoms with Crippen LogP contribution in [0.25, 0.3) is 11.3 Å². The Morgan fingerprint density at radius 1 is 1.25 bits per heavy atom. The molecule has 1 aromatic carbocycles. The van der Waals surface area contributed by atoms with Gasteiger partial charge < -0.3 is 10.6 Å². The Bertz CT molecular complexity index is 692. The number of hydrogen-bond acceptors (Lipinski definition) is 5. The van der Waals surface area contributed by atoms with Gasteiger partial charge in [0, 0.05) is 24.4 Å². The number of thiazole rings is 1. The fourth-order valence-corrected chi connectivity index (χ4v) is 3.97. The van der Waals surface area contributed by atoms with Crippen molar-refractivity contribution >= 4 is 51.5 Å². The smallest absolute Gasteiger partial charge is 0.230 e. The number of amides is 2. The average Bonchev–Trinajstić information content (AvgIpc) is 2.97. The Kier molecular flexibility index (Phi) is 7.55. The molecule has 0 aliphatic heterocycles. The number of hydrogen-bond donors (Lipinski definition) is 2. The number of halogens is 1. The van der Waals surface area contributed by atoms with Gasteiger partial charge in [0.1, 0.15) is 10.7 Å². The summed E-state index contributed by atoms with van der Waals surface area (Å²) in [5.74, 6) is 0.382. The van der Waals surface area contributed by atoms with Crippen molar-refractivity contribution in [2.75, 3.05) is 23.5 Å². The second-order valence-corrected chi connectivity index (χ2v) is 7.35. The van der Waals surface area contributed by atoms with Crippen LogP contribution in [0.2, 0.25) is 0 Å². The number of carbonyl (C=O) groups excluding carboxylic acids is 2. The number of benzene rings is 1. The van der Waals surface area contributed by atoms with E-state index >= 15 is 0 Å². The normalized spacial score (nSPS) is 10.4. The molecule has 5 nitrogen and oxygen atoms in total. The largest absolute Gasteiger partial charge is 0.356 e. The maximum absolute atomic E-state index is 11.9. The second-order valence-electron chi connectivity index (χ2n) is 4.75. The molecule has 8 heteroatoms. The standard InChI is InChI=1S/C16H18ClN3O2S2/c1-2-18-13(22)10-23-16-20-14(11-6-4-3-5-7-11)15(24-16)19-12(21)8-9-17/h3-7H,2,8-10H2,1H3,(H,18,22)(H,19,21). The average molecular weight is 384 g/mol. The van der Waals surface area contributed by atoms with Crippen molar-refractivity contribution in [2.45, 2.75) is 17.7 Å². The summed E-state index contributed by atoms with van der Waals surface area (Å²) in [4.78, 5) is 28.0. The lowest BCUT2D eigenvalue weighted by Crippen LogP contribution is -2.24. The van der Waals surface area contributed by atoms with Gasteiger partial charge in [-0.2, -0.15) is 0 Å². The van der Waals surface area contributed by atoms with Crippen LogP contribution < -0.4 is 10.6 Å². The monoisotopic (exact) mass is 383 g/mol. The highest BCUT2D eigenvalue weighted by Crippen LogP contribution is 2.37. The van der Waals surface area contributed by atoms with E-state index in [1.165, 1.54) is 23.1 Å². The molecule has 24 heavy (non-hydrogen) atoms. The lowest BCUT2D eigenvalue weighted by Gasteiger charge is -2.03. The minimum atomic E-state index is -0.147. The number of alkyl halides is 1. The molecule has 1 heterocycles. The van der Waals surface area contributed by atoms with E-state index in [4.69, 9.17) is 11.6 Å². The third-order valence-electron chi connectivity index (χ3n) is 2.93. The molecule has 0 aliphatic carbocycles. The van der Waals surface area contributed by atoms with E-state index in [9.17, 15) is 9.59 Å². The summed E-state index contributed by atoms with van der Waals surface area (Å²) < 4.78 is 0.737. The predicted octanol–water partition coefficient (Wildman–Crippen LogP) is 3.61. The molecular formula is C16H18ClN3O2S2. The summed E-state index contributed by atoms with van der Waals surface area (Å²) in [6, 6.07) is 9.63. The topological polar surface area (TPSA) is 71.1 Å². The lowest BCUT2D eigenvalue weighted by atomic mass is 10.2. The molecule has 0 bridgehead atoms. The van der Waals surface area contributed by atoms with Gasteiger partial charge in [0.15, 0.2) is 4.34 Å². The van der Waals surface area contributed by atoms with Gasteiger partial charge in [-0.15, -0.1) is 11.6 Å². The van der Waals surface area contributed by atoms with E-state index in [0.29, 0.717) is 23.0 Å². The van der Waals surface area contributed by atoms with Crippen molar-refractivity contribution in [3.8, 4) is 11.3 Å². The van der Waals surface area contributed by atoms with Crippen molar-refractivity contribution in [3.63, 3.8) is 0 Å². The van der Waals surface area contributed by atoms with Crippen LogP contribution in [0.5, 0.6) is 0 Å². The van der Waals surface area contributed by atoms with Crippen LogP contribution in [0.15, 0.2) is 34.7 Å². The molecule has 0 radical (unpaired) electrons. The van der Waals surface area contributed by atoms with E-state index in [0.717, 1.165) is 9.90 Å². The summed E-state index contributed by atoms with van der Waals surface area (Å²) in [7, 11) is 0. The molecule has 2 amide bonds. The van der Waals surface area contributed by atoms with Crippen LogP contribution in [0.1, 0.15) is 13.3 Å². The molecule has 2 aromatic rings. The minimum absolute atomic E-state index is 0.0355. The maximum atomic E-state index is 11.9. The van der Waals surface area contributed by atoms with Gasteiger partial charge in [-0.1, -0.05) is 53.4 Å². The number of nitrogens with zero attached hydrogens (tertiary/aromatic N) is 1. The SMILES string of the molecule is CCNC(=O)CSc1nc(-c2ccccc2)c(NC(=O)CCCl)s1. The zero-order chi connectivity index (χ0) is 17.4. The number of rotatable bonds is 8. The Hall–Kier alpha value is -1.57. The van der Waals surface area contributed by atoms with Gasteiger partial charge in [0.25, 0.3) is 0 Å². The van der Waals surface area contributed by atoms with Crippen molar-refractivity contribution in [3.05, 3.63) is 30.3 Å². The highest BCUT2D eigenvalue weighted by Gasteiger charge is 2.16. The molecule has 2 rings (SSSR count).